The van der Waals surface area contributed by atoms with E-state index in [4.69, 9.17) is 5.73 Å². The minimum atomic E-state index is -0.435. The van der Waals surface area contributed by atoms with Gasteiger partial charge in [0.15, 0.2) is 5.78 Å². The number of benzene rings is 1. The number of hydrogen-bond acceptors (Lipinski definition) is 3. The number of Topliss-reactive ketones (excluding diaryl/α,β-unsaturated/α-hetero) is 1. The molecule has 1 heterocycles. The smallest absolute Gasteiger partial charge is 0.224 e. The average molecular weight is 260 g/mol. The van der Waals surface area contributed by atoms with Crippen LogP contribution in [0.25, 0.3) is 0 Å². The van der Waals surface area contributed by atoms with E-state index >= 15 is 0 Å². The van der Waals surface area contributed by atoms with Gasteiger partial charge in [0.2, 0.25) is 5.91 Å². The van der Waals surface area contributed by atoms with Gasteiger partial charge in [-0.2, -0.15) is 0 Å². The molecule has 2 rings (SSSR count). The predicted molar refractivity (Wildman–Crippen MR) is 73.7 cm³/mol. The number of hydrogen-bond donors (Lipinski definition) is 1. The second-order valence-electron chi connectivity index (χ2n) is 5.49. The number of ketones is 1. The third-order valence-electron chi connectivity index (χ3n) is 3.90. The number of carbonyl (C=O) groups is 2. The molecule has 1 atom stereocenters. The Labute approximate surface area is 113 Å². The van der Waals surface area contributed by atoms with Crippen LogP contribution in [-0.2, 0) is 4.79 Å². The summed E-state index contributed by atoms with van der Waals surface area (Å²) in [5, 5.41) is 0. The minimum absolute atomic E-state index is 0.147. The molecule has 0 radical (unpaired) electrons. The van der Waals surface area contributed by atoms with Crippen LogP contribution in [0.1, 0.15) is 30.1 Å². The summed E-state index contributed by atoms with van der Waals surface area (Å²) < 4.78 is 0. The van der Waals surface area contributed by atoms with Gasteiger partial charge in [0.05, 0.1) is 5.41 Å². The van der Waals surface area contributed by atoms with Crippen molar-refractivity contribution in [2.75, 3.05) is 19.6 Å². The second-order valence-corrected chi connectivity index (χ2v) is 5.49. The highest BCUT2D eigenvalue weighted by Gasteiger charge is 2.38. The van der Waals surface area contributed by atoms with E-state index in [1.165, 1.54) is 0 Å². The van der Waals surface area contributed by atoms with Gasteiger partial charge in [0.25, 0.3) is 0 Å². The number of nitrogens with zero attached hydrogens (tertiary/aromatic N) is 1. The van der Waals surface area contributed by atoms with Crippen LogP contribution in [0.5, 0.6) is 0 Å². The molecule has 1 saturated heterocycles. The number of amides is 1. The molecule has 0 saturated carbocycles. The lowest BCUT2D eigenvalue weighted by atomic mass is 9.89. The Kier molecular flexibility index (Phi) is 4.00. The predicted octanol–water partition coefficient (Wildman–Crippen LogP) is 1.46. The maximum absolute atomic E-state index is 12.0. The zero-order valence-corrected chi connectivity index (χ0v) is 11.3. The van der Waals surface area contributed by atoms with Gasteiger partial charge in [-0.3, -0.25) is 9.59 Å². The number of rotatable bonds is 5. The normalized spacial score (nSPS) is 23.4. The monoisotopic (exact) mass is 260 g/mol. The van der Waals surface area contributed by atoms with Crippen molar-refractivity contribution >= 4 is 11.7 Å². The van der Waals surface area contributed by atoms with Gasteiger partial charge in [0.1, 0.15) is 0 Å². The van der Waals surface area contributed by atoms with E-state index in [0.717, 1.165) is 18.5 Å². The van der Waals surface area contributed by atoms with Crippen LogP contribution in [0.4, 0.5) is 0 Å². The summed E-state index contributed by atoms with van der Waals surface area (Å²) in [6.45, 7) is 4.08. The molecule has 19 heavy (non-hydrogen) atoms. The highest BCUT2D eigenvalue weighted by Crippen LogP contribution is 2.29. The molecule has 1 aromatic carbocycles. The first-order valence-corrected chi connectivity index (χ1v) is 6.62. The van der Waals surface area contributed by atoms with Gasteiger partial charge in [0, 0.05) is 25.1 Å². The SMILES string of the molecule is CC1(C(N)=O)CCN(CCC(=O)c2ccccc2)C1. The van der Waals surface area contributed by atoms with Gasteiger partial charge in [-0.15, -0.1) is 0 Å². The molecule has 1 aromatic rings. The zero-order chi connectivity index (χ0) is 13.9. The quantitative estimate of drug-likeness (QED) is 0.815. The highest BCUT2D eigenvalue weighted by molar-refractivity contribution is 5.96. The van der Waals surface area contributed by atoms with Crippen LogP contribution in [0.15, 0.2) is 30.3 Å². The first kappa shape index (κ1) is 13.7. The van der Waals surface area contributed by atoms with E-state index in [9.17, 15) is 9.59 Å². The first-order chi connectivity index (χ1) is 9.01. The molecule has 0 aliphatic carbocycles. The molecule has 0 aromatic heterocycles. The molecular formula is C15H20N2O2. The number of primary amides is 1. The third kappa shape index (κ3) is 3.20. The molecule has 0 bridgehead atoms. The van der Waals surface area contributed by atoms with Crippen molar-refractivity contribution in [3.8, 4) is 0 Å². The lowest BCUT2D eigenvalue weighted by Crippen LogP contribution is -2.37. The largest absolute Gasteiger partial charge is 0.369 e. The molecule has 1 amide bonds. The van der Waals surface area contributed by atoms with E-state index < -0.39 is 5.41 Å². The second kappa shape index (κ2) is 5.53. The van der Waals surface area contributed by atoms with Crippen molar-refractivity contribution in [3.05, 3.63) is 35.9 Å². The first-order valence-electron chi connectivity index (χ1n) is 6.62. The number of likely N-dealkylation sites (tertiary alicyclic amines) is 1. The van der Waals surface area contributed by atoms with Crippen molar-refractivity contribution in [1.29, 1.82) is 0 Å². The van der Waals surface area contributed by atoms with Gasteiger partial charge in [-0.05, 0) is 19.9 Å². The Morgan fingerprint density at radius 2 is 2.00 bits per heavy atom. The fourth-order valence-corrected chi connectivity index (χ4v) is 2.48. The van der Waals surface area contributed by atoms with Crippen molar-refractivity contribution in [2.45, 2.75) is 19.8 Å². The standard InChI is InChI=1S/C15H20N2O2/c1-15(14(16)19)8-10-17(11-15)9-7-13(18)12-5-3-2-4-6-12/h2-6H,7-11H2,1H3,(H2,16,19). The van der Waals surface area contributed by atoms with Crippen LogP contribution in [0, 0.1) is 5.41 Å². The lowest BCUT2D eigenvalue weighted by molar-refractivity contribution is -0.126. The third-order valence-corrected chi connectivity index (χ3v) is 3.90. The van der Waals surface area contributed by atoms with Gasteiger partial charge in [-0.1, -0.05) is 30.3 Å². The Balaban J connectivity index is 1.85. The van der Waals surface area contributed by atoms with Crippen LogP contribution in [0.2, 0.25) is 0 Å². The molecule has 1 unspecified atom stereocenters. The molecule has 102 valence electrons. The van der Waals surface area contributed by atoms with Crippen LogP contribution in [0.3, 0.4) is 0 Å². The van der Waals surface area contributed by atoms with Gasteiger partial charge >= 0.3 is 0 Å². The Morgan fingerprint density at radius 1 is 1.32 bits per heavy atom. The summed E-state index contributed by atoms with van der Waals surface area (Å²) in [6.07, 6.45) is 1.26. The van der Waals surface area contributed by atoms with Gasteiger partial charge < -0.3 is 10.6 Å². The van der Waals surface area contributed by atoms with Crippen molar-refractivity contribution in [2.24, 2.45) is 11.1 Å². The van der Waals surface area contributed by atoms with Gasteiger partial charge in [-0.25, -0.2) is 0 Å². The van der Waals surface area contributed by atoms with E-state index in [0.29, 0.717) is 19.5 Å². The summed E-state index contributed by atoms with van der Waals surface area (Å²) in [6, 6.07) is 9.30. The molecule has 1 aliphatic rings. The Hall–Kier alpha value is -1.68. The Bertz CT molecular complexity index is 472. The fourth-order valence-electron chi connectivity index (χ4n) is 2.48. The molecule has 2 N–H and O–H groups in total. The highest BCUT2D eigenvalue weighted by atomic mass is 16.1. The summed E-state index contributed by atoms with van der Waals surface area (Å²) >= 11 is 0. The summed E-state index contributed by atoms with van der Waals surface area (Å²) in [7, 11) is 0. The molecular weight excluding hydrogens is 240 g/mol. The molecule has 0 spiro atoms. The minimum Gasteiger partial charge on any atom is -0.369 e. The maximum Gasteiger partial charge on any atom is 0.224 e. The van der Waals surface area contributed by atoms with Crippen molar-refractivity contribution in [1.82, 2.24) is 4.90 Å². The zero-order valence-electron chi connectivity index (χ0n) is 11.3. The van der Waals surface area contributed by atoms with E-state index in [2.05, 4.69) is 4.90 Å². The summed E-state index contributed by atoms with van der Waals surface area (Å²) in [5.41, 5.74) is 5.72. The van der Waals surface area contributed by atoms with Crippen molar-refractivity contribution in [3.63, 3.8) is 0 Å². The van der Waals surface area contributed by atoms with Crippen LogP contribution >= 0.6 is 0 Å². The number of carbonyl (C=O) groups excluding carboxylic acids is 2. The maximum atomic E-state index is 12.0. The summed E-state index contributed by atoms with van der Waals surface area (Å²) in [5.74, 6) is -0.0994. The van der Waals surface area contributed by atoms with Crippen LogP contribution in [-0.4, -0.2) is 36.2 Å². The van der Waals surface area contributed by atoms with E-state index in [1.54, 1.807) is 0 Å². The molecule has 4 heteroatoms. The Morgan fingerprint density at radius 3 is 2.58 bits per heavy atom. The topological polar surface area (TPSA) is 63.4 Å². The number of nitrogens with two attached hydrogens (primary N) is 1. The average Bonchev–Trinajstić information content (AvgIpc) is 2.80. The van der Waals surface area contributed by atoms with Crippen molar-refractivity contribution < 1.29 is 9.59 Å². The molecule has 1 aliphatic heterocycles. The summed E-state index contributed by atoms with van der Waals surface area (Å²) in [4.78, 5) is 25.5. The lowest BCUT2D eigenvalue weighted by Gasteiger charge is -2.20. The fraction of sp³-hybridized carbons (Fsp3) is 0.467. The van der Waals surface area contributed by atoms with E-state index in [1.807, 2.05) is 37.3 Å². The van der Waals surface area contributed by atoms with Crippen LogP contribution < -0.4 is 5.73 Å². The van der Waals surface area contributed by atoms with E-state index in [-0.39, 0.29) is 11.7 Å². The molecule has 1 fully saturated rings. The molecule has 4 nitrogen and oxygen atoms in total.